The van der Waals surface area contributed by atoms with Crippen molar-refractivity contribution >= 4 is 17.9 Å². The van der Waals surface area contributed by atoms with Gasteiger partial charge >= 0.3 is 17.9 Å². The Kier molecular flexibility index (Phi) is 68.6. The van der Waals surface area contributed by atoms with Crippen LogP contribution in [0, 0.1) is 0 Å². The van der Waals surface area contributed by atoms with Crippen LogP contribution in [0.15, 0.2) is 48.6 Å². The lowest BCUT2D eigenvalue weighted by atomic mass is 10.0. The molecule has 6 heteroatoms. The summed E-state index contributed by atoms with van der Waals surface area (Å²) < 4.78 is 17.0. The summed E-state index contributed by atoms with van der Waals surface area (Å²) in [5.41, 5.74) is 0. The summed E-state index contributed by atoms with van der Waals surface area (Å²) >= 11 is 0. The molecule has 0 aromatic rings. The van der Waals surface area contributed by atoms with E-state index in [1.54, 1.807) is 0 Å². The Balaban J connectivity index is 4.11. The number of esters is 3. The van der Waals surface area contributed by atoms with Gasteiger partial charge in [-0.1, -0.05) is 326 Å². The Morgan fingerprint density at radius 1 is 0.244 bits per heavy atom. The Morgan fingerprint density at radius 3 is 0.707 bits per heavy atom. The van der Waals surface area contributed by atoms with Crippen LogP contribution in [-0.4, -0.2) is 37.2 Å². The molecule has 1 unspecified atom stereocenters. The lowest BCUT2D eigenvalue weighted by Crippen LogP contribution is -2.30. The van der Waals surface area contributed by atoms with E-state index in [4.69, 9.17) is 14.2 Å². The summed E-state index contributed by atoms with van der Waals surface area (Å²) in [5.74, 6) is -0.858. The van der Waals surface area contributed by atoms with Crippen LogP contribution in [0.3, 0.4) is 0 Å². The summed E-state index contributed by atoms with van der Waals surface area (Å²) in [5, 5.41) is 0. The van der Waals surface area contributed by atoms with Gasteiger partial charge in [-0.05, 0) is 103 Å². The topological polar surface area (TPSA) is 78.9 Å². The van der Waals surface area contributed by atoms with Crippen molar-refractivity contribution in [3.8, 4) is 0 Å². The second-order valence-corrected chi connectivity index (χ2v) is 24.8. The fourth-order valence-corrected chi connectivity index (χ4v) is 11.0. The first kappa shape index (κ1) is 79.4. The summed E-state index contributed by atoms with van der Waals surface area (Å²) in [4.78, 5) is 38.4. The van der Waals surface area contributed by atoms with Crippen molar-refractivity contribution in [3.05, 3.63) is 48.6 Å². The molecule has 0 aliphatic carbocycles. The average molecular weight is 1150 g/mol. The molecule has 0 aromatic heterocycles. The molecular formula is C76H140O6. The number of rotatable bonds is 68. The maximum atomic E-state index is 12.9. The molecule has 0 rings (SSSR count). The number of allylic oxidation sites excluding steroid dienone is 8. The molecule has 0 fully saturated rings. The zero-order valence-corrected chi connectivity index (χ0v) is 55.3. The first-order valence-electron chi connectivity index (χ1n) is 36.6. The van der Waals surface area contributed by atoms with Crippen LogP contribution in [-0.2, 0) is 28.6 Å². The van der Waals surface area contributed by atoms with E-state index < -0.39 is 6.10 Å². The van der Waals surface area contributed by atoms with Gasteiger partial charge in [-0.25, -0.2) is 0 Å². The van der Waals surface area contributed by atoms with E-state index >= 15 is 0 Å². The third kappa shape index (κ3) is 68.2. The van der Waals surface area contributed by atoms with Gasteiger partial charge in [0.25, 0.3) is 0 Å². The van der Waals surface area contributed by atoms with Gasteiger partial charge in [0.05, 0.1) is 0 Å². The average Bonchev–Trinajstić information content (AvgIpc) is 3.47. The van der Waals surface area contributed by atoms with Crippen molar-refractivity contribution in [2.24, 2.45) is 0 Å². The van der Waals surface area contributed by atoms with Gasteiger partial charge in [0.2, 0.25) is 0 Å². The molecule has 0 heterocycles. The highest BCUT2D eigenvalue weighted by atomic mass is 16.6. The molecule has 0 bridgehead atoms. The maximum absolute atomic E-state index is 12.9. The van der Waals surface area contributed by atoms with Gasteiger partial charge in [0, 0.05) is 19.3 Å². The van der Waals surface area contributed by atoms with Crippen LogP contribution in [0.2, 0.25) is 0 Å². The molecule has 0 saturated heterocycles. The van der Waals surface area contributed by atoms with Gasteiger partial charge in [0.15, 0.2) is 6.10 Å². The maximum Gasteiger partial charge on any atom is 0.306 e. The van der Waals surface area contributed by atoms with Crippen LogP contribution >= 0.6 is 0 Å². The zero-order chi connectivity index (χ0) is 59.2. The number of carbonyl (C=O) groups excluding carboxylic acids is 3. The van der Waals surface area contributed by atoms with Crippen LogP contribution in [0.4, 0.5) is 0 Å². The summed E-state index contributed by atoms with van der Waals surface area (Å²) in [6.07, 6.45) is 90.2. The Morgan fingerprint density at radius 2 is 0.439 bits per heavy atom. The molecule has 0 aliphatic rings. The quantitative estimate of drug-likeness (QED) is 0.0261. The van der Waals surface area contributed by atoms with Gasteiger partial charge in [-0.15, -0.1) is 0 Å². The SMILES string of the molecule is CCCCC/C=C\CCCCCCCC(=O)OCC(COC(=O)CCCCCCCCCCCCCCCCCCCCCCC/C=C\C/C=C\CCCCCCC)OC(=O)CCCCCCCCCCC/C=C\CCCCCCCC. The monoisotopic (exact) mass is 1150 g/mol. The van der Waals surface area contributed by atoms with E-state index in [0.29, 0.717) is 19.3 Å². The Hall–Kier alpha value is -2.63. The van der Waals surface area contributed by atoms with E-state index in [-0.39, 0.29) is 31.1 Å². The number of unbranched alkanes of at least 4 members (excludes halogenated alkanes) is 49. The van der Waals surface area contributed by atoms with Gasteiger partial charge in [-0.3, -0.25) is 14.4 Å². The normalized spacial score (nSPS) is 12.3. The highest BCUT2D eigenvalue weighted by molar-refractivity contribution is 5.71. The van der Waals surface area contributed by atoms with Crippen LogP contribution in [0.25, 0.3) is 0 Å². The molecule has 1 atom stereocenters. The van der Waals surface area contributed by atoms with Crippen molar-refractivity contribution < 1.29 is 28.6 Å². The first-order chi connectivity index (χ1) is 40.5. The third-order valence-electron chi connectivity index (χ3n) is 16.5. The molecule has 0 radical (unpaired) electrons. The molecule has 0 spiro atoms. The van der Waals surface area contributed by atoms with Crippen molar-refractivity contribution in [1.29, 1.82) is 0 Å². The van der Waals surface area contributed by atoms with E-state index in [0.717, 1.165) is 70.6 Å². The highest BCUT2D eigenvalue weighted by Crippen LogP contribution is 2.18. The van der Waals surface area contributed by atoms with Crippen LogP contribution in [0.1, 0.15) is 400 Å². The standard InChI is InChI=1S/C76H140O6/c1-4-7-10-13-16-19-22-25-27-29-31-32-33-34-35-36-37-38-39-40-41-42-43-44-46-47-49-51-54-57-60-63-66-69-75(78)81-72-73(71-80-74(77)68-65-62-59-56-53-24-21-18-15-12-9-6-3)82-76(79)70-67-64-61-58-55-52-50-48-45-30-28-26-23-20-17-14-11-8-5-2/h18,21-22,25-26,28-29,31,73H,4-17,19-20,23-24,27,30,32-72H2,1-3H3/b21-18-,25-22-,28-26-,31-29-. The van der Waals surface area contributed by atoms with Crippen molar-refractivity contribution in [2.45, 2.75) is 406 Å². The predicted molar refractivity (Wildman–Crippen MR) is 358 cm³/mol. The van der Waals surface area contributed by atoms with Gasteiger partial charge in [-0.2, -0.15) is 0 Å². The molecular weight excluding hydrogens is 1010 g/mol. The van der Waals surface area contributed by atoms with E-state index in [1.165, 1.54) is 289 Å². The van der Waals surface area contributed by atoms with Crippen molar-refractivity contribution in [1.82, 2.24) is 0 Å². The first-order valence-corrected chi connectivity index (χ1v) is 36.6. The van der Waals surface area contributed by atoms with Crippen molar-refractivity contribution in [2.75, 3.05) is 13.2 Å². The summed E-state index contributed by atoms with van der Waals surface area (Å²) in [6.45, 7) is 6.66. The minimum atomic E-state index is -0.776. The van der Waals surface area contributed by atoms with E-state index in [1.807, 2.05) is 0 Å². The second-order valence-electron chi connectivity index (χ2n) is 24.8. The minimum Gasteiger partial charge on any atom is -0.462 e. The molecule has 6 nitrogen and oxygen atoms in total. The van der Waals surface area contributed by atoms with E-state index in [2.05, 4.69) is 69.4 Å². The number of hydrogen-bond acceptors (Lipinski definition) is 6. The lowest BCUT2D eigenvalue weighted by Gasteiger charge is -2.18. The van der Waals surface area contributed by atoms with Crippen LogP contribution in [0.5, 0.6) is 0 Å². The highest BCUT2D eigenvalue weighted by Gasteiger charge is 2.19. The van der Waals surface area contributed by atoms with Gasteiger partial charge < -0.3 is 14.2 Å². The Labute approximate surface area is 511 Å². The van der Waals surface area contributed by atoms with Crippen molar-refractivity contribution in [3.63, 3.8) is 0 Å². The molecule has 82 heavy (non-hydrogen) atoms. The predicted octanol–water partition coefficient (Wildman–Crippen LogP) is 25.3. The fraction of sp³-hybridized carbons (Fsp3) is 0.855. The summed E-state index contributed by atoms with van der Waals surface area (Å²) in [7, 11) is 0. The number of hydrogen-bond donors (Lipinski definition) is 0. The van der Waals surface area contributed by atoms with E-state index in [9.17, 15) is 14.4 Å². The molecule has 0 saturated carbocycles. The molecule has 480 valence electrons. The number of ether oxygens (including phenoxy) is 3. The number of carbonyl (C=O) groups is 3. The zero-order valence-electron chi connectivity index (χ0n) is 55.3. The lowest BCUT2D eigenvalue weighted by molar-refractivity contribution is -0.167. The van der Waals surface area contributed by atoms with Gasteiger partial charge in [0.1, 0.15) is 13.2 Å². The third-order valence-corrected chi connectivity index (χ3v) is 16.5. The largest absolute Gasteiger partial charge is 0.462 e. The molecule has 0 aliphatic heterocycles. The fourth-order valence-electron chi connectivity index (χ4n) is 11.0. The smallest absolute Gasteiger partial charge is 0.306 e. The summed E-state index contributed by atoms with van der Waals surface area (Å²) in [6, 6.07) is 0. The van der Waals surface area contributed by atoms with Crippen LogP contribution < -0.4 is 0 Å². The Bertz CT molecular complexity index is 1410. The second kappa shape index (κ2) is 70.9. The molecule has 0 N–H and O–H groups in total. The molecule has 0 aromatic carbocycles. The minimum absolute atomic E-state index is 0.0718. The molecule has 0 amide bonds.